The lowest BCUT2D eigenvalue weighted by atomic mass is 9.91. The molecule has 1 atom stereocenters. The summed E-state index contributed by atoms with van der Waals surface area (Å²) < 4.78 is 0. The number of carbonyl (C=O) groups excluding carboxylic acids is 3. The number of aryl methyl sites for hydroxylation is 1. The minimum absolute atomic E-state index is 0.336. The largest absolute Gasteiger partial charge is 0.325 e. The highest BCUT2D eigenvalue weighted by molar-refractivity contribution is 7.98. The van der Waals surface area contributed by atoms with Gasteiger partial charge in [0.25, 0.3) is 5.91 Å². The van der Waals surface area contributed by atoms with Gasteiger partial charge in [-0.25, -0.2) is 4.79 Å². The maximum Gasteiger partial charge on any atom is 0.325 e. The van der Waals surface area contributed by atoms with Crippen LogP contribution in [-0.4, -0.2) is 35.5 Å². The highest BCUT2D eigenvalue weighted by Gasteiger charge is 2.49. The lowest BCUT2D eigenvalue weighted by Gasteiger charge is -2.22. The molecular formula is C22H25N3O3S. The summed E-state index contributed by atoms with van der Waals surface area (Å²) in [4.78, 5) is 39.9. The summed E-state index contributed by atoms with van der Waals surface area (Å²) in [6.45, 7) is 3.44. The number of imide groups is 1. The molecule has 0 spiro atoms. The van der Waals surface area contributed by atoms with Crippen molar-refractivity contribution in [1.82, 2.24) is 10.2 Å². The van der Waals surface area contributed by atoms with Gasteiger partial charge in [-0.2, -0.15) is 0 Å². The molecule has 2 aromatic rings. The zero-order valence-corrected chi connectivity index (χ0v) is 17.6. The number of hydrogen-bond acceptors (Lipinski definition) is 4. The maximum atomic E-state index is 13.0. The predicted octanol–water partition coefficient (Wildman–Crippen LogP) is 3.77. The zero-order chi connectivity index (χ0) is 21.0. The standard InChI is InChI=1S/C22H25N3O3S/c1-4-7-15-10-12-16(13-11-15)22(2)20(27)25(21(28)24-22)14-19(26)23-17-8-5-6-9-18(17)29-3/h5-6,8-13H,4,7,14H2,1-3H3,(H,23,26)(H,24,28). The van der Waals surface area contributed by atoms with Gasteiger partial charge in [0, 0.05) is 4.90 Å². The van der Waals surface area contributed by atoms with Crippen LogP contribution in [0.4, 0.5) is 10.5 Å². The number of anilines is 1. The molecule has 1 heterocycles. The molecule has 29 heavy (non-hydrogen) atoms. The first-order valence-corrected chi connectivity index (χ1v) is 10.8. The van der Waals surface area contributed by atoms with E-state index < -0.39 is 23.4 Å². The number of amides is 4. The summed E-state index contributed by atoms with van der Waals surface area (Å²) in [7, 11) is 0. The third kappa shape index (κ3) is 4.29. The number of thioether (sulfide) groups is 1. The van der Waals surface area contributed by atoms with Crippen LogP contribution in [0.3, 0.4) is 0 Å². The fourth-order valence-corrected chi connectivity index (χ4v) is 3.96. The molecule has 0 saturated carbocycles. The number of urea groups is 1. The SMILES string of the molecule is CCCc1ccc(C2(C)NC(=O)N(CC(=O)Nc3ccccc3SC)C2=O)cc1. The van der Waals surface area contributed by atoms with Crippen LogP contribution < -0.4 is 10.6 Å². The highest BCUT2D eigenvalue weighted by atomic mass is 32.2. The van der Waals surface area contributed by atoms with Crippen molar-refractivity contribution in [3.63, 3.8) is 0 Å². The van der Waals surface area contributed by atoms with Crippen molar-refractivity contribution < 1.29 is 14.4 Å². The Kier molecular flexibility index (Phi) is 6.27. The Labute approximate surface area is 175 Å². The first-order valence-electron chi connectivity index (χ1n) is 9.55. The Morgan fingerprint density at radius 3 is 2.48 bits per heavy atom. The number of carbonyl (C=O) groups is 3. The van der Waals surface area contributed by atoms with Gasteiger partial charge in [-0.15, -0.1) is 11.8 Å². The minimum Gasteiger partial charge on any atom is -0.324 e. The Hall–Kier alpha value is -2.80. The van der Waals surface area contributed by atoms with Crippen molar-refractivity contribution in [2.75, 3.05) is 18.1 Å². The highest BCUT2D eigenvalue weighted by Crippen LogP contribution is 2.29. The zero-order valence-electron chi connectivity index (χ0n) is 16.8. The Morgan fingerprint density at radius 2 is 1.83 bits per heavy atom. The van der Waals surface area contributed by atoms with Crippen LogP contribution in [-0.2, 0) is 21.5 Å². The molecule has 2 aromatic carbocycles. The second-order valence-corrected chi connectivity index (χ2v) is 7.99. The molecular weight excluding hydrogens is 386 g/mol. The summed E-state index contributed by atoms with van der Waals surface area (Å²) >= 11 is 1.51. The average molecular weight is 412 g/mol. The molecule has 0 aromatic heterocycles. The van der Waals surface area contributed by atoms with Crippen molar-refractivity contribution in [2.24, 2.45) is 0 Å². The normalized spacial score (nSPS) is 18.7. The fourth-order valence-electron chi connectivity index (χ4n) is 3.41. The van der Waals surface area contributed by atoms with Crippen molar-refractivity contribution in [3.05, 3.63) is 59.7 Å². The molecule has 0 bridgehead atoms. The summed E-state index contributed by atoms with van der Waals surface area (Å²) in [5, 5.41) is 5.53. The van der Waals surface area contributed by atoms with Crippen LogP contribution in [0.15, 0.2) is 53.4 Å². The molecule has 7 heteroatoms. The monoisotopic (exact) mass is 411 g/mol. The van der Waals surface area contributed by atoms with Gasteiger partial charge in [0.1, 0.15) is 12.1 Å². The summed E-state index contributed by atoms with van der Waals surface area (Å²) in [6, 6.07) is 14.5. The van der Waals surface area contributed by atoms with Crippen molar-refractivity contribution in [3.8, 4) is 0 Å². The molecule has 0 radical (unpaired) electrons. The lowest BCUT2D eigenvalue weighted by molar-refractivity contribution is -0.133. The van der Waals surface area contributed by atoms with E-state index in [4.69, 9.17) is 0 Å². The number of nitrogens with one attached hydrogen (secondary N) is 2. The van der Waals surface area contributed by atoms with E-state index in [1.807, 2.05) is 48.7 Å². The predicted molar refractivity (Wildman–Crippen MR) is 115 cm³/mol. The van der Waals surface area contributed by atoms with Crippen LogP contribution in [0.25, 0.3) is 0 Å². The molecule has 2 N–H and O–H groups in total. The van der Waals surface area contributed by atoms with Gasteiger partial charge in [0.05, 0.1) is 5.69 Å². The lowest BCUT2D eigenvalue weighted by Crippen LogP contribution is -2.42. The quantitative estimate of drug-likeness (QED) is 0.537. The van der Waals surface area contributed by atoms with E-state index in [0.29, 0.717) is 11.3 Å². The van der Waals surface area contributed by atoms with E-state index in [1.54, 1.807) is 13.0 Å². The van der Waals surface area contributed by atoms with E-state index in [1.165, 1.54) is 17.3 Å². The molecule has 1 fully saturated rings. The number of nitrogens with zero attached hydrogens (tertiary/aromatic N) is 1. The first-order chi connectivity index (χ1) is 13.9. The molecule has 1 unspecified atom stereocenters. The number of para-hydroxylation sites is 1. The topological polar surface area (TPSA) is 78.5 Å². The van der Waals surface area contributed by atoms with Gasteiger partial charge >= 0.3 is 6.03 Å². The van der Waals surface area contributed by atoms with Crippen LogP contribution in [0.5, 0.6) is 0 Å². The molecule has 4 amide bonds. The second kappa shape index (κ2) is 8.69. The summed E-state index contributed by atoms with van der Waals surface area (Å²) in [5.41, 5.74) is 1.36. The molecule has 152 valence electrons. The van der Waals surface area contributed by atoms with Crippen molar-refractivity contribution in [1.29, 1.82) is 0 Å². The van der Waals surface area contributed by atoms with Crippen LogP contribution in [0.1, 0.15) is 31.4 Å². The smallest absolute Gasteiger partial charge is 0.324 e. The van der Waals surface area contributed by atoms with Gasteiger partial charge in [0.15, 0.2) is 0 Å². The van der Waals surface area contributed by atoms with Crippen molar-refractivity contribution in [2.45, 2.75) is 37.1 Å². The van der Waals surface area contributed by atoms with Crippen molar-refractivity contribution >= 4 is 35.3 Å². The molecule has 3 rings (SSSR count). The average Bonchev–Trinajstić information content (AvgIpc) is 2.93. The fraction of sp³-hybridized carbons (Fsp3) is 0.318. The molecule has 1 saturated heterocycles. The van der Waals surface area contributed by atoms with Gasteiger partial charge in [0.2, 0.25) is 5.91 Å². The Bertz CT molecular complexity index is 929. The Morgan fingerprint density at radius 1 is 1.14 bits per heavy atom. The van der Waals surface area contributed by atoms with E-state index >= 15 is 0 Å². The Balaban J connectivity index is 1.73. The van der Waals surface area contributed by atoms with Crippen LogP contribution in [0.2, 0.25) is 0 Å². The van der Waals surface area contributed by atoms with Gasteiger partial charge in [-0.1, -0.05) is 49.7 Å². The summed E-state index contributed by atoms with van der Waals surface area (Å²) in [6.07, 6.45) is 3.91. The van der Waals surface area contributed by atoms with Crippen LogP contribution in [0, 0.1) is 0 Å². The first kappa shape index (κ1) is 20.9. The second-order valence-electron chi connectivity index (χ2n) is 7.14. The van der Waals surface area contributed by atoms with Gasteiger partial charge < -0.3 is 10.6 Å². The third-order valence-electron chi connectivity index (χ3n) is 5.03. The van der Waals surface area contributed by atoms with Crippen LogP contribution >= 0.6 is 11.8 Å². The number of rotatable bonds is 7. The summed E-state index contributed by atoms with van der Waals surface area (Å²) in [5.74, 6) is -0.850. The van der Waals surface area contributed by atoms with E-state index in [9.17, 15) is 14.4 Å². The molecule has 6 nitrogen and oxygen atoms in total. The minimum atomic E-state index is -1.18. The van der Waals surface area contributed by atoms with E-state index in [-0.39, 0.29) is 6.54 Å². The van der Waals surface area contributed by atoms with E-state index in [0.717, 1.165) is 22.6 Å². The molecule has 0 aliphatic carbocycles. The van der Waals surface area contributed by atoms with E-state index in [2.05, 4.69) is 17.6 Å². The molecule has 1 aliphatic heterocycles. The van der Waals surface area contributed by atoms with Gasteiger partial charge in [-0.05, 0) is 42.9 Å². The molecule has 1 aliphatic rings. The maximum absolute atomic E-state index is 13.0. The number of benzene rings is 2. The van der Waals surface area contributed by atoms with Gasteiger partial charge in [-0.3, -0.25) is 14.5 Å². The number of hydrogen-bond donors (Lipinski definition) is 2. The third-order valence-corrected chi connectivity index (χ3v) is 5.82.